The minimum Gasteiger partial charge on any atom is -0.487 e. The standard InChI is InChI=1S/C30H45ClN2O5S/c1-2-3-4-5-6-7-8-9-10-11-12-13-14-15-16-19-24-38-30-23-22-26(25-29(30)33(34)35)39(36,37)32-28-21-18-17-20-27(28)31/h17-18,20-23,25,32H,2-16,19,24H2,1H3. The summed E-state index contributed by atoms with van der Waals surface area (Å²) < 4.78 is 33.5. The van der Waals surface area contributed by atoms with Gasteiger partial charge in [0.05, 0.1) is 27.1 Å². The molecule has 0 atom stereocenters. The summed E-state index contributed by atoms with van der Waals surface area (Å²) in [5.74, 6) is 0.0673. The first kappa shape index (κ1) is 32.9. The molecule has 7 nitrogen and oxygen atoms in total. The predicted molar refractivity (Wildman–Crippen MR) is 160 cm³/mol. The average molecular weight is 581 g/mol. The summed E-state index contributed by atoms with van der Waals surface area (Å²) in [6.07, 6.45) is 20.3. The topological polar surface area (TPSA) is 98.5 Å². The van der Waals surface area contributed by atoms with Gasteiger partial charge in [-0.3, -0.25) is 14.8 Å². The molecule has 9 heteroatoms. The lowest BCUT2D eigenvalue weighted by atomic mass is 10.0. The van der Waals surface area contributed by atoms with Gasteiger partial charge in [0.25, 0.3) is 10.0 Å². The summed E-state index contributed by atoms with van der Waals surface area (Å²) >= 11 is 6.03. The summed E-state index contributed by atoms with van der Waals surface area (Å²) in [6.45, 7) is 2.61. The summed E-state index contributed by atoms with van der Waals surface area (Å²) in [7, 11) is -4.06. The van der Waals surface area contributed by atoms with Gasteiger partial charge in [0, 0.05) is 6.07 Å². The van der Waals surface area contributed by atoms with Gasteiger partial charge in [-0.2, -0.15) is 0 Å². The first-order valence-corrected chi connectivity index (χ1v) is 16.4. The number of sulfonamides is 1. The van der Waals surface area contributed by atoms with Gasteiger partial charge in [-0.25, -0.2) is 8.42 Å². The number of halogens is 1. The van der Waals surface area contributed by atoms with E-state index in [0.29, 0.717) is 6.61 Å². The monoisotopic (exact) mass is 580 g/mol. The van der Waals surface area contributed by atoms with Crippen molar-refractivity contribution in [2.75, 3.05) is 11.3 Å². The Kier molecular flexibility index (Phi) is 15.9. The Morgan fingerprint density at radius 3 is 1.82 bits per heavy atom. The Labute approximate surface area is 239 Å². The van der Waals surface area contributed by atoms with Gasteiger partial charge in [-0.05, 0) is 30.7 Å². The summed E-state index contributed by atoms with van der Waals surface area (Å²) in [4.78, 5) is 10.7. The van der Waals surface area contributed by atoms with Crippen molar-refractivity contribution in [2.24, 2.45) is 0 Å². The van der Waals surface area contributed by atoms with Crippen LogP contribution in [0.3, 0.4) is 0 Å². The van der Waals surface area contributed by atoms with E-state index in [1.54, 1.807) is 18.2 Å². The number of unbranched alkanes of at least 4 members (excludes halogenated alkanes) is 15. The maximum absolute atomic E-state index is 12.7. The van der Waals surface area contributed by atoms with Crippen molar-refractivity contribution in [1.82, 2.24) is 0 Å². The van der Waals surface area contributed by atoms with E-state index in [2.05, 4.69) is 11.6 Å². The molecule has 0 saturated heterocycles. The second kappa shape index (κ2) is 18.9. The van der Waals surface area contributed by atoms with Crippen molar-refractivity contribution in [3.63, 3.8) is 0 Å². The average Bonchev–Trinajstić information content (AvgIpc) is 2.91. The van der Waals surface area contributed by atoms with Crippen LogP contribution in [-0.2, 0) is 10.0 Å². The van der Waals surface area contributed by atoms with Crippen molar-refractivity contribution >= 4 is 33.0 Å². The van der Waals surface area contributed by atoms with Crippen LogP contribution in [0.15, 0.2) is 47.4 Å². The summed E-state index contributed by atoms with van der Waals surface area (Å²) in [6, 6.07) is 10.0. The van der Waals surface area contributed by atoms with Gasteiger partial charge >= 0.3 is 5.69 Å². The lowest BCUT2D eigenvalue weighted by Gasteiger charge is -2.11. The van der Waals surface area contributed by atoms with Crippen LogP contribution < -0.4 is 9.46 Å². The molecule has 2 rings (SSSR count). The molecule has 2 aromatic rings. The van der Waals surface area contributed by atoms with Crippen molar-refractivity contribution in [1.29, 1.82) is 0 Å². The number of anilines is 1. The molecular weight excluding hydrogens is 536 g/mol. The molecule has 0 bridgehead atoms. The molecule has 2 aromatic carbocycles. The number of nitro groups is 1. The fraction of sp³-hybridized carbons (Fsp3) is 0.600. The minimum absolute atomic E-state index is 0.0673. The largest absolute Gasteiger partial charge is 0.487 e. The number of hydrogen-bond acceptors (Lipinski definition) is 5. The van der Waals surface area contributed by atoms with Crippen LogP contribution in [0.5, 0.6) is 5.75 Å². The van der Waals surface area contributed by atoms with Gasteiger partial charge in [-0.1, -0.05) is 127 Å². The Balaban J connectivity index is 1.62. The number of hydrogen-bond donors (Lipinski definition) is 1. The fourth-order valence-electron chi connectivity index (χ4n) is 4.51. The molecule has 0 radical (unpaired) electrons. The lowest BCUT2D eigenvalue weighted by Crippen LogP contribution is -2.13. The fourth-order valence-corrected chi connectivity index (χ4v) is 5.85. The minimum atomic E-state index is -4.06. The predicted octanol–water partition coefficient (Wildman–Crippen LogP) is 9.69. The third kappa shape index (κ3) is 13.1. The second-order valence-corrected chi connectivity index (χ2v) is 12.2. The van der Waals surface area contributed by atoms with Crippen LogP contribution in [0.4, 0.5) is 11.4 Å². The molecule has 0 spiro atoms. The van der Waals surface area contributed by atoms with E-state index in [-0.39, 0.29) is 27.0 Å². The van der Waals surface area contributed by atoms with Crippen molar-refractivity contribution < 1.29 is 18.1 Å². The Hall–Kier alpha value is -2.32. The zero-order valence-electron chi connectivity index (χ0n) is 23.3. The van der Waals surface area contributed by atoms with E-state index in [0.717, 1.165) is 25.3 Å². The highest BCUT2D eigenvalue weighted by atomic mass is 35.5. The van der Waals surface area contributed by atoms with E-state index < -0.39 is 14.9 Å². The first-order chi connectivity index (χ1) is 18.8. The molecular formula is C30H45ClN2O5S. The van der Waals surface area contributed by atoms with Crippen LogP contribution in [-0.4, -0.2) is 19.9 Å². The Morgan fingerprint density at radius 2 is 1.31 bits per heavy atom. The second-order valence-electron chi connectivity index (χ2n) is 10.1. The molecule has 0 heterocycles. The molecule has 0 aliphatic rings. The number of ether oxygens (including phenoxy) is 1. The van der Waals surface area contributed by atoms with Crippen molar-refractivity contribution in [3.8, 4) is 5.75 Å². The SMILES string of the molecule is CCCCCCCCCCCCCCCCCCOc1ccc(S(=O)(=O)Nc2ccccc2Cl)cc1[N+](=O)[O-]. The van der Waals surface area contributed by atoms with E-state index in [1.165, 1.54) is 102 Å². The Bertz CT molecular complexity index is 1090. The number of para-hydroxylation sites is 1. The highest BCUT2D eigenvalue weighted by molar-refractivity contribution is 7.92. The van der Waals surface area contributed by atoms with Crippen LogP contribution in [0.1, 0.15) is 110 Å². The van der Waals surface area contributed by atoms with Crippen LogP contribution >= 0.6 is 11.6 Å². The van der Waals surface area contributed by atoms with Gasteiger partial charge in [0.2, 0.25) is 0 Å². The zero-order valence-corrected chi connectivity index (χ0v) is 24.9. The maximum Gasteiger partial charge on any atom is 0.312 e. The van der Waals surface area contributed by atoms with Crippen molar-refractivity contribution in [3.05, 3.63) is 57.6 Å². The zero-order chi connectivity index (χ0) is 28.3. The highest BCUT2D eigenvalue weighted by Gasteiger charge is 2.23. The van der Waals surface area contributed by atoms with Gasteiger partial charge in [0.15, 0.2) is 5.75 Å². The quantitative estimate of drug-likeness (QED) is 0.0848. The number of nitro benzene ring substituents is 1. The third-order valence-corrected chi connectivity index (χ3v) is 8.50. The van der Waals surface area contributed by atoms with Crippen molar-refractivity contribution in [2.45, 2.75) is 115 Å². The van der Waals surface area contributed by atoms with Gasteiger partial charge in [-0.15, -0.1) is 0 Å². The van der Waals surface area contributed by atoms with E-state index >= 15 is 0 Å². The molecule has 218 valence electrons. The van der Waals surface area contributed by atoms with E-state index in [9.17, 15) is 18.5 Å². The molecule has 0 amide bonds. The van der Waals surface area contributed by atoms with Crippen LogP contribution in [0.2, 0.25) is 5.02 Å². The van der Waals surface area contributed by atoms with Crippen LogP contribution in [0.25, 0.3) is 0 Å². The molecule has 0 fully saturated rings. The first-order valence-electron chi connectivity index (χ1n) is 14.5. The summed E-state index contributed by atoms with van der Waals surface area (Å²) in [5.41, 5.74) is -0.181. The molecule has 1 N–H and O–H groups in total. The maximum atomic E-state index is 12.7. The summed E-state index contributed by atoms with van der Waals surface area (Å²) in [5, 5.41) is 11.8. The molecule has 0 unspecified atom stereocenters. The van der Waals surface area contributed by atoms with Gasteiger partial charge < -0.3 is 4.74 Å². The molecule has 0 aliphatic carbocycles. The third-order valence-electron chi connectivity index (χ3n) is 6.81. The number of nitrogens with one attached hydrogen (secondary N) is 1. The number of nitrogens with zero attached hydrogens (tertiary/aromatic N) is 1. The molecule has 39 heavy (non-hydrogen) atoms. The Morgan fingerprint density at radius 1 is 0.795 bits per heavy atom. The molecule has 0 saturated carbocycles. The normalized spacial score (nSPS) is 11.4. The number of benzene rings is 2. The van der Waals surface area contributed by atoms with E-state index in [4.69, 9.17) is 16.3 Å². The van der Waals surface area contributed by atoms with Gasteiger partial charge in [0.1, 0.15) is 0 Å². The van der Waals surface area contributed by atoms with Crippen LogP contribution in [0, 0.1) is 10.1 Å². The lowest BCUT2D eigenvalue weighted by molar-refractivity contribution is -0.386. The molecule has 0 aliphatic heterocycles. The molecule has 0 aromatic heterocycles. The van der Waals surface area contributed by atoms with E-state index in [1.807, 2.05) is 0 Å². The highest BCUT2D eigenvalue weighted by Crippen LogP contribution is 2.31. The smallest absolute Gasteiger partial charge is 0.312 e. The number of rotatable bonds is 22.